The molecule has 0 aliphatic rings. The van der Waals surface area contributed by atoms with Crippen molar-refractivity contribution in [1.29, 1.82) is 0 Å². The van der Waals surface area contributed by atoms with Gasteiger partial charge in [0.2, 0.25) is 5.91 Å². The largest absolute Gasteiger partial charge is 0.306 e. The number of aromatic nitrogens is 4. The van der Waals surface area contributed by atoms with E-state index < -0.39 is 5.82 Å². The fourth-order valence-corrected chi connectivity index (χ4v) is 2.70. The van der Waals surface area contributed by atoms with Gasteiger partial charge in [0.15, 0.2) is 5.82 Å². The van der Waals surface area contributed by atoms with E-state index in [1.54, 1.807) is 18.3 Å². The molecule has 0 saturated carbocycles. The van der Waals surface area contributed by atoms with Crippen molar-refractivity contribution in [2.45, 2.75) is 20.0 Å². The lowest BCUT2D eigenvalue weighted by atomic mass is 10.2. The summed E-state index contributed by atoms with van der Waals surface area (Å²) in [6.45, 7) is 1.97. The van der Waals surface area contributed by atoms with Gasteiger partial charge in [-0.3, -0.25) is 14.2 Å². The Kier molecular flexibility index (Phi) is 5.06. The summed E-state index contributed by atoms with van der Waals surface area (Å²) < 4.78 is 16.8. The third-order valence-corrected chi connectivity index (χ3v) is 4.07. The zero-order chi connectivity index (χ0) is 18.0. The van der Waals surface area contributed by atoms with E-state index in [0.717, 1.165) is 5.69 Å². The predicted octanol–water partition coefficient (Wildman–Crippen LogP) is 3.52. The van der Waals surface area contributed by atoms with Gasteiger partial charge in [0.1, 0.15) is 17.4 Å². The van der Waals surface area contributed by atoms with Gasteiger partial charge in [-0.05, 0) is 25.1 Å². The molecule has 0 aliphatic carbocycles. The van der Waals surface area contributed by atoms with E-state index in [1.807, 2.05) is 6.92 Å². The van der Waals surface area contributed by atoms with Crippen LogP contribution in [0.15, 0.2) is 36.7 Å². The maximum Gasteiger partial charge on any atom is 0.247 e. The average Bonchev–Trinajstić information content (AvgIpc) is 3.09. The van der Waals surface area contributed by atoms with Gasteiger partial charge in [0, 0.05) is 23.0 Å². The van der Waals surface area contributed by atoms with E-state index in [1.165, 1.54) is 27.7 Å². The first kappa shape index (κ1) is 17.4. The summed E-state index contributed by atoms with van der Waals surface area (Å²) in [5, 5.41) is 11.5. The summed E-state index contributed by atoms with van der Waals surface area (Å²) in [7, 11) is 0. The fraction of sp³-hybridized carbons (Fsp3) is 0.188. The van der Waals surface area contributed by atoms with Crippen molar-refractivity contribution in [2.24, 2.45) is 0 Å². The first-order valence-corrected chi connectivity index (χ1v) is 8.13. The molecule has 0 radical (unpaired) electrons. The van der Waals surface area contributed by atoms with Gasteiger partial charge < -0.3 is 5.32 Å². The lowest BCUT2D eigenvalue weighted by Gasteiger charge is -2.06. The van der Waals surface area contributed by atoms with Crippen LogP contribution in [0.4, 0.5) is 10.2 Å². The van der Waals surface area contributed by atoms with E-state index in [2.05, 4.69) is 15.5 Å². The molecule has 0 fully saturated rings. The smallest absolute Gasteiger partial charge is 0.247 e. The number of nitrogens with zero attached hydrogens (tertiary/aromatic N) is 4. The van der Waals surface area contributed by atoms with E-state index in [9.17, 15) is 9.18 Å². The maximum atomic E-state index is 13.9. The van der Waals surface area contributed by atoms with Crippen LogP contribution in [-0.4, -0.2) is 25.5 Å². The van der Waals surface area contributed by atoms with Crippen molar-refractivity contribution in [2.75, 3.05) is 5.32 Å². The van der Waals surface area contributed by atoms with Crippen LogP contribution in [0.2, 0.25) is 10.0 Å². The van der Waals surface area contributed by atoms with E-state index >= 15 is 0 Å². The molecule has 6 nitrogen and oxygen atoms in total. The van der Waals surface area contributed by atoms with E-state index in [-0.39, 0.29) is 29.8 Å². The quantitative estimate of drug-likeness (QED) is 0.735. The molecule has 0 unspecified atom stereocenters. The molecule has 1 N–H and O–H groups in total. The van der Waals surface area contributed by atoms with Crippen molar-refractivity contribution in [3.63, 3.8) is 0 Å². The van der Waals surface area contributed by atoms with Gasteiger partial charge in [-0.25, -0.2) is 4.39 Å². The van der Waals surface area contributed by atoms with Crippen molar-refractivity contribution in [3.8, 4) is 0 Å². The third kappa shape index (κ3) is 4.18. The minimum atomic E-state index is -0.432. The topological polar surface area (TPSA) is 64.7 Å². The zero-order valence-electron chi connectivity index (χ0n) is 13.2. The number of anilines is 1. The third-order valence-electron chi connectivity index (χ3n) is 3.44. The van der Waals surface area contributed by atoms with Gasteiger partial charge >= 0.3 is 0 Å². The molecule has 2 aromatic heterocycles. The summed E-state index contributed by atoms with van der Waals surface area (Å²) in [4.78, 5) is 12.1. The average molecular weight is 382 g/mol. The van der Waals surface area contributed by atoms with Crippen LogP contribution in [0.3, 0.4) is 0 Å². The van der Waals surface area contributed by atoms with Crippen LogP contribution < -0.4 is 5.32 Å². The van der Waals surface area contributed by atoms with Crippen LogP contribution in [0.1, 0.15) is 11.3 Å². The number of benzene rings is 1. The summed E-state index contributed by atoms with van der Waals surface area (Å²) in [5.74, 6) is -0.555. The minimum Gasteiger partial charge on any atom is -0.306 e. The number of rotatable bonds is 5. The summed E-state index contributed by atoms with van der Waals surface area (Å²) in [6.07, 6.45) is 3.20. The number of hydrogen-bond donors (Lipinski definition) is 1. The van der Waals surface area contributed by atoms with Crippen molar-refractivity contribution >= 4 is 34.9 Å². The Hall–Kier alpha value is -2.38. The molecule has 0 bridgehead atoms. The second kappa shape index (κ2) is 7.25. The number of carbonyl (C=O) groups excluding carboxylic acids is 1. The molecular formula is C16H14Cl2FN5O. The lowest BCUT2D eigenvalue weighted by molar-refractivity contribution is -0.116. The second-order valence-electron chi connectivity index (χ2n) is 5.43. The molecule has 9 heteroatoms. The summed E-state index contributed by atoms with van der Waals surface area (Å²) >= 11 is 12.1. The van der Waals surface area contributed by atoms with Crippen molar-refractivity contribution in [3.05, 3.63) is 63.8 Å². The number of halogens is 3. The first-order chi connectivity index (χ1) is 11.9. The Bertz CT molecular complexity index is 901. The number of nitrogens with one attached hydrogen (secondary N) is 1. The molecule has 0 aliphatic heterocycles. The molecule has 1 aromatic carbocycles. The van der Waals surface area contributed by atoms with Crippen LogP contribution in [0.25, 0.3) is 0 Å². The van der Waals surface area contributed by atoms with Gasteiger partial charge in [0.25, 0.3) is 0 Å². The number of hydrogen-bond acceptors (Lipinski definition) is 3. The molecule has 0 spiro atoms. The Morgan fingerprint density at radius 2 is 2.00 bits per heavy atom. The van der Waals surface area contributed by atoms with E-state index in [0.29, 0.717) is 10.6 Å². The van der Waals surface area contributed by atoms with Crippen LogP contribution in [0.5, 0.6) is 0 Å². The Balaban J connectivity index is 1.71. The van der Waals surface area contributed by atoms with Crippen LogP contribution in [-0.2, 0) is 17.9 Å². The standard InChI is InChI=1S/C16H14Cl2FN5O/c1-10-5-6-23(21-10)9-15(25)20-16-13(18)8-24(22-16)7-11-12(17)3-2-4-14(11)19/h2-6,8H,7,9H2,1H3,(H,20,22,25). The monoisotopic (exact) mass is 381 g/mol. The number of aryl methyl sites for hydroxylation is 1. The lowest BCUT2D eigenvalue weighted by Crippen LogP contribution is -2.19. The molecule has 0 atom stereocenters. The molecule has 130 valence electrons. The second-order valence-corrected chi connectivity index (χ2v) is 6.24. The highest BCUT2D eigenvalue weighted by molar-refractivity contribution is 6.33. The predicted molar refractivity (Wildman–Crippen MR) is 93.3 cm³/mol. The molecule has 0 saturated heterocycles. The first-order valence-electron chi connectivity index (χ1n) is 7.38. The molecular weight excluding hydrogens is 368 g/mol. The molecule has 3 rings (SSSR count). The highest BCUT2D eigenvalue weighted by atomic mass is 35.5. The highest BCUT2D eigenvalue weighted by Gasteiger charge is 2.14. The molecule has 25 heavy (non-hydrogen) atoms. The normalized spacial score (nSPS) is 10.9. The Morgan fingerprint density at radius 1 is 1.20 bits per heavy atom. The van der Waals surface area contributed by atoms with Crippen molar-refractivity contribution in [1.82, 2.24) is 19.6 Å². The van der Waals surface area contributed by atoms with Crippen molar-refractivity contribution < 1.29 is 9.18 Å². The molecule has 1 amide bonds. The van der Waals surface area contributed by atoms with Gasteiger partial charge in [0.05, 0.1) is 12.2 Å². The summed E-state index contributed by atoms with van der Waals surface area (Å²) in [5.41, 5.74) is 1.12. The van der Waals surface area contributed by atoms with Gasteiger partial charge in [-0.15, -0.1) is 0 Å². The minimum absolute atomic E-state index is 0.0379. The number of carbonyl (C=O) groups is 1. The maximum absolute atomic E-state index is 13.9. The highest BCUT2D eigenvalue weighted by Crippen LogP contribution is 2.23. The molecule has 2 heterocycles. The fourth-order valence-electron chi connectivity index (χ4n) is 2.28. The van der Waals surface area contributed by atoms with E-state index in [4.69, 9.17) is 23.2 Å². The van der Waals surface area contributed by atoms with Gasteiger partial charge in [-0.1, -0.05) is 29.3 Å². The summed E-state index contributed by atoms with van der Waals surface area (Å²) in [6, 6.07) is 6.24. The van der Waals surface area contributed by atoms with Crippen LogP contribution in [0, 0.1) is 12.7 Å². The number of amides is 1. The SMILES string of the molecule is Cc1ccn(CC(=O)Nc2nn(Cc3c(F)cccc3Cl)cc2Cl)n1. The van der Waals surface area contributed by atoms with Gasteiger partial charge in [-0.2, -0.15) is 10.2 Å². The van der Waals surface area contributed by atoms with Crippen LogP contribution >= 0.6 is 23.2 Å². The Labute approximate surface area is 153 Å². The molecule has 3 aromatic rings. The Morgan fingerprint density at radius 3 is 2.68 bits per heavy atom. The zero-order valence-corrected chi connectivity index (χ0v) is 14.7.